The molecule has 0 radical (unpaired) electrons. The molecule has 2 fully saturated rings. The van der Waals surface area contributed by atoms with Crippen LogP contribution < -0.4 is 5.32 Å². The molecule has 1 saturated heterocycles. The zero-order valence-electron chi connectivity index (χ0n) is 17.6. The number of likely N-dealkylation sites (tertiary alicyclic amines) is 1. The SMILES string of the molecule is Cc1c(-c2nc(NC3CCCCCC3)ncc2C#N)cnn1C1CCN(C)CC1. The standard InChI is InChI=1S/C22H31N7/c1-16-20(15-25-29(16)19-9-11-28(2)12-10-19)21-17(13-23)14-24-22(27-21)26-18-7-5-3-4-6-8-18/h14-15,18-19H,3-12H2,1-2H3,(H,24,26,27). The van der Waals surface area contributed by atoms with Gasteiger partial charge in [-0.05, 0) is 52.7 Å². The monoisotopic (exact) mass is 393 g/mol. The van der Waals surface area contributed by atoms with E-state index in [0.717, 1.165) is 50.0 Å². The molecule has 0 unspecified atom stereocenters. The summed E-state index contributed by atoms with van der Waals surface area (Å²) in [6.45, 7) is 4.26. The molecule has 0 spiro atoms. The molecular weight excluding hydrogens is 362 g/mol. The van der Waals surface area contributed by atoms with Crippen molar-refractivity contribution in [3.8, 4) is 17.3 Å². The van der Waals surface area contributed by atoms with Gasteiger partial charge in [0.15, 0.2) is 0 Å². The van der Waals surface area contributed by atoms with E-state index in [9.17, 15) is 5.26 Å². The average molecular weight is 394 g/mol. The summed E-state index contributed by atoms with van der Waals surface area (Å²) in [7, 11) is 2.17. The first-order valence-corrected chi connectivity index (χ1v) is 10.9. The highest BCUT2D eigenvalue weighted by Crippen LogP contribution is 2.30. The molecule has 1 aliphatic carbocycles. The van der Waals surface area contributed by atoms with Gasteiger partial charge in [-0.1, -0.05) is 25.7 Å². The fourth-order valence-corrected chi connectivity index (χ4v) is 4.61. The van der Waals surface area contributed by atoms with Crippen LogP contribution in [0.4, 0.5) is 5.95 Å². The molecule has 7 nitrogen and oxygen atoms in total. The lowest BCUT2D eigenvalue weighted by Crippen LogP contribution is -2.32. The quantitative estimate of drug-likeness (QED) is 0.793. The second-order valence-corrected chi connectivity index (χ2v) is 8.52. The third kappa shape index (κ3) is 4.43. The highest BCUT2D eigenvalue weighted by molar-refractivity contribution is 5.68. The number of nitriles is 1. The van der Waals surface area contributed by atoms with Crippen LogP contribution in [0, 0.1) is 18.3 Å². The van der Waals surface area contributed by atoms with Crippen LogP contribution in [0.3, 0.4) is 0 Å². The summed E-state index contributed by atoms with van der Waals surface area (Å²) < 4.78 is 2.13. The molecule has 1 saturated carbocycles. The maximum absolute atomic E-state index is 9.62. The van der Waals surface area contributed by atoms with E-state index in [2.05, 4.69) is 45.0 Å². The Kier molecular flexibility index (Phi) is 6.10. The summed E-state index contributed by atoms with van der Waals surface area (Å²) in [5.74, 6) is 0.623. The molecule has 154 valence electrons. The predicted molar refractivity (Wildman–Crippen MR) is 114 cm³/mol. The van der Waals surface area contributed by atoms with Crippen molar-refractivity contribution in [3.05, 3.63) is 23.7 Å². The molecule has 1 aliphatic heterocycles. The molecule has 0 atom stereocenters. The fourth-order valence-electron chi connectivity index (χ4n) is 4.61. The van der Waals surface area contributed by atoms with Gasteiger partial charge in [0.2, 0.25) is 5.95 Å². The summed E-state index contributed by atoms with van der Waals surface area (Å²) in [5.41, 5.74) is 3.21. The van der Waals surface area contributed by atoms with Gasteiger partial charge in [-0.15, -0.1) is 0 Å². The van der Waals surface area contributed by atoms with Gasteiger partial charge in [0.05, 0.1) is 29.7 Å². The molecular formula is C22H31N7. The number of anilines is 1. The first-order valence-electron chi connectivity index (χ1n) is 10.9. The number of aromatic nitrogens is 4. The van der Waals surface area contributed by atoms with E-state index in [4.69, 9.17) is 4.98 Å². The molecule has 2 aliphatic rings. The van der Waals surface area contributed by atoms with Gasteiger partial charge in [0.25, 0.3) is 0 Å². The van der Waals surface area contributed by atoms with Crippen LogP contribution in [0.5, 0.6) is 0 Å². The van der Waals surface area contributed by atoms with Gasteiger partial charge < -0.3 is 10.2 Å². The van der Waals surface area contributed by atoms with Crippen LogP contribution >= 0.6 is 0 Å². The van der Waals surface area contributed by atoms with E-state index >= 15 is 0 Å². The summed E-state index contributed by atoms with van der Waals surface area (Å²) in [5, 5.41) is 17.8. The predicted octanol–water partition coefficient (Wildman–Crippen LogP) is 3.92. The van der Waals surface area contributed by atoms with Gasteiger partial charge >= 0.3 is 0 Å². The Morgan fingerprint density at radius 1 is 1.07 bits per heavy atom. The Morgan fingerprint density at radius 2 is 1.79 bits per heavy atom. The maximum atomic E-state index is 9.62. The summed E-state index contributed by atoms with van der Waals surface area (Å²) in [4.78, 5) is 11.5. The van der Waals surface area contributed by atoms with Gasteiger partial charge in [-0.2, -0.15) is 10.4 Å². The molecule has 0 bridgehead atoms. The molecule has 4 rings (SSSR count). The van der Waals surface area contributed by atoms with E-state index in [-0.39, 0.29) is 0 Å². The van der Waals surface area contributed by atoms with E-state index in [1.165, 1.54) is 25.7 Å². The Bertz CT molecular complexity index is 866. The molecule has 7 heteroatoms. The average Bonchev–Trinajstić information content (AvgIpc) is 2.94. The topological polar surface area (TPSA) is 82.7 Å². The fraction of sp³-hybridized carbons (Fsp3) is 0.636. The minimum absolute atomic E-state index is 0.413. The van der Waals surface area contributed by atoms with Crippen LogP contribution in [-0.4, -0.2) is 50.8 Å². The molecule has 1 N–H and O–H groups in total. The Labute approximate surface area is 173 Å². The normalized spacial score (nSPS) is 19.6. The highest BCUT2D eigenvalue weighted by atomic mass is 15.3. The van der Waals surface area contributed by atoms with E-state index < -0.39 is 0 Å². The number of piperidine rings is 1. The lowest BCUT2D eigenvalue weighted by Gasteiger charge is -2.29. The van der Waals surface area contributed by atoms with E-state index in [0.29, 0.717) is 29.3 Å². The molecule has 0 aromatic carbocycles. The summed E-state index contributed by atoms with van der Waals surface area (Å²) in [6, 6.07) is 3.09. The zero-order chi connectivity index (χ0) is 20.2. The van der Waals surface area contributed by atoms with Crippen LogP contribution in [-0.2, 0) is 0 Å². The van der Waals surface area contributed by atoms with E-state index in [1.807, 2.05) is 6.20 Å². The Hall–Kier alpha value is -2.46. The van der Waals surface area contributed by atoms with Crippen molar-refractivity contribution in [1.29, 1.82) is 5.26 Å². The second-order valence-electron chi connectivity index (χ2n) is 8.52. The number of rotatable bonds is 4. The van der Waals surface area contributed by atoms with Crippen molar-refractivity contribution in [1.82, 2.24) is 24.6 Å². The molecule has 2 aromatic rings. The van der Waals surface area contributed by atoms with Crippen LogP contribution in [0.15, 0.2) is 12.4 Å². The zero-order valence-corrected chi connectivity index (χ0v) is 17.6. The van der Waals surface area contributed by atoms with Crippen molar-refractivity contribution >= 4 is 5.95 Å². The van der Waals surface area contributed by atoms with Crippen molar-refractivity contribution in [2.24, 2.45) is 0 Å². The smallest absolute Gasteiger partial charge is 0.223 e. The molecule has 3 heterocycles. The highest BCUT2D eigenvalue weighted by Gasteiger charge is 2.23. The lowest BCUT2D eigenvalue weighted by atomic mass is 10.0. The Morgan fingerprint density at radius 3 is 2.48 bits per heavy atom. The molecule has 2 aromatic heterocycles. The van der Waals surface area contributed by atoms with Gasteiger partial charge in [-0.25, -0.2) is 9.97 Å². The number of nitrogens with zero attached hydrogens (tertiary/aromatic N) is 6. The molecule has 0 amide bonds. The third-order valence-electron chi connectivity index (χ3n) is 6.43. The molecule has 29 heavy (non-hydrogen) atoms. The van der Waals surface area contributed by atoms with Crippen LogP contribution in [0.2, 0.25) is 0 Å². The second kappa shape index (κ2) is 8.91. The number of hydrogen-bond donors (Lipinski definition) is 1. The van der Waals surface area contributed by atoms with Crippen molar-refractivity contribution < 1.29 is 0 Å². The van der Waals surface area contributed by atoms with Crippen LogP contribution in [0.25, 0.3) is 11.3 Å². The van der Waals surface area contributed by atoms with Crippen molar-refractivity contribution in [3.63, 3.8) is 0 Å². The van der Waals surface area contributed by atoms with Crippen molar-refractivity contribution in [2.45, 2.75) is 70.4 Å². The minimum atomic E-state index is 0.413. The van der Waals surface area contributed by atoms with Crippen LogP contribution in [0.1, 0.15) is 68.7 Å². The van der Waals surface area contributed by atoms with Gasteiger partial charge in [0, 0.05) is 17.3 Å². The lowest BCUT2D eigenvalue weighted by molar-refractivity contribution is 0.210. The number of hydrogen-bond acceptors (Lipinski definition) is 6. The van der Waals surface area contributed by atoms with Gasteiger partial charge in [-0.3, -0.25) is 4.68 Å². The first kappa shape index (κ1) is 19.8. The third-order valence-corrected chi connectivity index (χ3v) is 6.43. The van der Waals surface area contributed by atoms with Crippen molar-refractivity contribution in [2.75, 3.05) is 25.5 Å². The maximum Gasteiger partial charge on any atom is 0.223 e. The minimum Gasteiger partial charge on any atom is -0.351 e. The number of nitrogens with one attached hydrogen (secondary N) is 1. The van der Waals surface area contributed by atoms with Gasteiger partial charge in [0.1, 0.15) is 6.07 Å². The largest absolute Gasteiger partial charge is 0.351 e. The first-order chi connectivity index (χ1) is 14.2. The summed E-state index contributed by atoms with van der Waals surface area (Å²) in [6.07, 6.45) is 13.2. The Balaban J connectivity index is 1.59. The summed E-state index contributed by atoms with van der Waals surface area (Å²) >= 11 is 0. The van der Waals surface area contributed by atoms with E-state index in [1.54, 1.807) is 6.20 Å².